The van der Waals surface area contributed by atoms with Gasteiger partial charge in [0.1, 0.15) is 11.5 Å². The van der Waals surface area contributed by atoms with E-state index in [1.165, 1.54) is 0 Å². The van der Waals surface area contributed by atoms with E-state index in [2.05, 4.69) is 10.1 Å². The maximum atomic E-state index is 5.61. The first-order valence-corrected chi connectivity index (χ1v) is 6.50. The van der Waals surface area contributed by atoms with E-state index in [0.29, 0.717) is 17.5 Å². The average Bonchev–Trinajstić information content (AvgIpc) is 3.03. The summed E-state index contributed by atoms with van der Waals surface area (Å²) in [6.45, 7) is 0.215. The second-order valence-electron chi connectivity index (χ2n) is 4.35. The minimum absolute atomic E-state index is 0.215. The van der Waals surface area contributed by atoms with E-state index in [-0.39, 0.29) is 6.61 Å². The molecule has 2 aromatic carbocycles. The van der Waals surface area contributed by atoms with Gasteiger partial charge in [0.2, 0.25) is 5.82 Å². The van der Waals surface area contributed by atoms with Crippen LogP contribution in [0.3, 0.4) is 0 Å². The third kappa shape index (κ3) is 3.20. The Kier molecular flexibility index (Phi) is 3.82. The summed E-state index contributed by atoms with van der Waals surface area (Å²) in [5.74, 6) is 2.41. The second kappa shape index (κ2) is 6.09. The van der Waals surface area contributed by atoms with E-state index < -0.39 is 0 Å². The number of benzene rings is 2. The zero-order chi connectivity index (χ0) is 14.5. The highest BCUT2D eigenvalue weighted by molar-refractivity contribution is 5.53. The molecule has 3 aromatic rings. The van der Waals surface area contributed by atoms with Crippen molar-refractivity contribution < 1.29 is 14.0 Å². The summed E-state index contributed by atoms with van der Waals surface area (Å²) < 4.78 is 15.9. The molecule has 0 aliphatic rings. The lowest BCUT2D eigenvalue weighted by atomic mass is 10.2. The first-order valence-electron chi connectivity index (χ1n) is 6.50. The fourth-order valence-electron chi connectivity index (χ4n) is 1.85. The van der Waals surface area contributed by atoms with Gasteiger partial charge < -0.3 is 14.0 Å². The Hall–Kier alpha value is -2.82. The Morgan fingerprint density at radius 1 is 1.00 bits per heavy atom. The molecule has 0 bridgehead atoms. The molecule has 0 unspecified atom stereocenters. The maximum absolute atomic E-state index is 5.61. The molecule has 0 spiro atoms. The molecule has 5 nitrogen and oxygen atoms in total. The fraction of sp³-hybridized carbons (Fsp3) is 0.125. The van der Waals surface area contributed by atoms with Gasteiger partial charge in [0.05, 0.1) is 7.11 Å². The quantitative estimate of drug-likeness (QED) is 0.718. The van der Waals surface area contributed by atoms with Gasteiger partial charge in [0.25, 0.3) is 5.89 Å². The molecule has 5 heteroatoms. The lowest BCUT2D eigenvalue weighted by molar-refractivity contribution is 0.242. The molecule has 1 heterocycles. The molecule has 21 heavy (non-hydrogen) atoms. The zero-order valence-electron chi connectivity index (χ0n) is 11.5. The van der Waals surface area contributed by atoms with Crippen molar-refractivity contribution in [3.63, 3.8) is 0 Å². The number of nitrogens with zero attached hydrogens (tertiary/aromatic N) is 2. The highest BCUT2D eigenvalue weighted by atomic mass is 16.5. The van der Waals surface area contributed by atoms with Gasteiger partial charge in [-0.15, -0.1) is 0 Å². The molecule has 0 amide bonds. The summed E-state index contributed by atoms with van der Waals surface area (Å²) in [4.78, 5) is 4.30. The van der Waals surface area contributed by atoms with Crippen LogP contribution in [0.15, 0.2) is 59.1 Å². The van der Waals surface area contributed by atoms with Crippen LogP contribution in [0.1, 0.15) is 5.89 Å². The van der Waals surface area contributed by atoms with E-state index in [1.54, 1.807) is 13.2 Å². The Bertz CT molecular complexity index is 710. The molecule has 0 radical (unpaired) electrons. The van der Waals surface area contributed by atoms with Gasteiger partial charge in [-0.1, -0.05) is 41.6 Å². The first-order chi connectivity index (χ1) is 10.3. The number of ether oxygens (including phenoxy) is 2. The van der Waals surface area contributed by atoms with Crippen molar-refractivity contribution in [1.29, 1.82) is 0 Å². The van der Waals surface area contributed by atoms with Gasteiger partial charge in [-0.2, -0.15) is 4.98 Å². The van der Waals surface area contributed by atoms with Crippen molar-refractivity contribution in [3.8, 4) is 22.9 Å². The van der Waals surface area contributed by atoms with E-state index in [0.717, 1.165) is 11.3 Å². The summed E-state index contributed by atoms with van der Waals surface area (Å²) >= 11 is 0. The van der Waals surface area contributed by atoms with E-state index in [9.17, 15) is 0 Å². The van der Waals surface area contributed by atoms with Crippen molar-refractivity contribution in [2.24, 2.45) is 0 Å². The summed E-state index contributed by atoms with van der Waals surface area (Å²) in [6.07, 6.45) is 0. The normalized spacial score (nSPS) is 10.3. The fourth-order valence-corrected chi connectivity index (χ4v) is 1.85. The molecule has 0 atom stereocenters. The van der Waals surface area contributed by atoms with Crippen LogP contribution >= 0.6 is 0 Å². The van der Waals surface area contributed by atoms with Gasteiger partial charge in [-0.25, -0.2) is 0 Å². The summed E-state index contributed by atoms with van der Waals surface area (Å²) in [7, 11) is 1.61. The van der Waals surface area contributed by atoms with E-state index in [4.69, 9.17) is 14.0 Å². The molecular formula is C16H14N2O3. The van der Waals surface area contributed by atoms with Crippen LogP contribution < -0.4 is 9.47 Å². The minimum Gasteiger partial charge on any atom is -0.497 e. The van der Waals surface area contributed by atoms with Gasteiger partial charge in [0.15, 0.2) is 6.61 Å². The number of hydrogen-bond acceptors (Lipinski definition) is 5. The standard InChI is InChI=1S/C16H14N2O3/c1-19-13-8-5-9-14(10-13)20-11-15-17-16(18-21-15)12-6-3-2-4-7-12/h2-10H,11H2,1H3. The molecule has 3 rings (SSSR count). The molecule has 1 aromatic heterocycles. The first kappa shape index (κ1) is 13.2. The van der Waals surface area contributed by atoms with Gasteiger partial charge in [-0.3, -0.25) is 0 Å². The van der Waals surface area contributed by atoms with E-state index >= 15 is 0 Å². The largest absolute Gasteiger partial charge is 0.497 e. The Balaban J connectivity index is 1.67. The maximum Gasteiger partial charge on any atom is 0.264 e. The number of rotatable bonds is 5. The van der Waals surface area contributed by atoms with E-state index in [1.807, 2.05) is 48.5 Å². The zero-order valence-corrected chi connectivity index (χ0v) is 11.5. The average molecular weight is 282 g/mol. The predicted molar refractivity (Wildman–Crippen MR) is 77.1 cm³/mol. The summed E-state index contributed by atoms with van der Waals surface area (Å²) in [5, 5.41) is 3.94. The summed E-state index contributed by atoms with van der Waals surface area (Å²) in [6, 6.07) is 17.0. The van der Waals surface area contributed by atoms with Crippen molar-refractivity contribution in [2.45, 2.75) is 6.61 Å². The van der Waals surface area contributed by atoms with Crippen LogP contribution in [-0.4, -0.2) is 17.3 Å². The second-order valence-corrected chi connectivity index (χ2v) is 4.35. The molecule has 0 saturated carbocycles. The monoisotopic (exact) mass is 282 g/mol. The van der Waals surface area contributed by atoms with Crippen LogP contribution in [0.25, 0.3) is 11.4 Å². The third-order valence-electron chi connectivity index (χ3n) is 2.90. The minimum atomic E-state index is 0.215. The smallest absolute Gasteiger partial charge is 0.264 e. The Morgan fingerprint density at radius 2 is 1.81 bits per heavy atom. The lowest BCUT2D eigenvalue weighted by Crippen LogP contribution is -1.96. The molecule has 0 aliphatic heterocycles. The Labute approximate surface area is 122 Å². The van der Waals surface area contributed by atoms with Crippen molar-refractivity contribution in [3.05, 3.63) is 60.5 Å². The van der Waals surface area contributed by atoms with Crippen LogP contribution in [0.4, 0.5) is 0 Å². The number of aromatic nitrogens is 2. The highest BCUT2D eigenvalue weighted by Crippen LogP contribution is 2.20. The molecule has 106 valence electrons. The highest BCUT2D eigenvalue weighted by Gasteiger charge is 2.08. The van der Waals surface area contributed by atoms with Gasteiger partial charge >= 0.3 is 0 Å². The SMILES string of the molecule is COc1cccc(OCc2nc(-c3ccccc3)no2)c1. The number of hydrogen-bond donors (Lipinski definition) is 0. The topological polar surface area (TPSA) is 57.4 Å². The summed E-state index contributed by atoms with van der Waals surface area (Å²) in [5.41, 5.74) is 0.911. The predicted octanol–water partition coefficient (Wildman–Crippen LogP) is 3.32. The van der Waals surface area contributed by atoms with Gasteiger partial charge in [0, 0.05) is 11.6 Å². The van der Waals surface area contributed by atoms with Gasteiger partial charge in [-0.05, 0) is 12.1 Å². The molecule has 0 N–H and O–H groups in total. The Morgan fingerprint density at radius 3 is 2.62 bits per heavy atom. The molecule has 0 saturated heterocycles. The lowest BCUT2D eigenvalue weighted by Gasteiger charge is -2.04. The van der Waals surface area contributed by atoms with Crippen LogP contribution in [0, 0.1) is 0 Å². The van der Waals surface area contributed by atoms with Crippen molar-refractivity contribution >= 4 is 0 Å². The molecule has 0 aliphatic carbocycles. The van der Waals surface area contributed by atoms with Crippen LogP contribution in [0.2, 0.25) is 0 Å². The third-order valence-corrected chi connectivity index (χ3v) is 2.90. The molecular weight excluding hydrogens is 268 g/mol. The van der Waals surface area contributed by atoms with Crippen molar-refractivity contribution in [2.75, 3.05) is 7.11 Å². The van der Waals surface area contributed by atoms with Crippen LogP contribution in [-0.2, 0) is 6.61 Å². The van der Waals surface area contributed by atoms with Crippen LogP contribution in [0.5, 0.6) is 11.5 Å². The van der Waals surface area contributed by atoms with Crippen molar-refractivity contribution in [1.82, 2.24) is 10.1 Å². The number of methoxy groups -OCH3 is 1. The molecule has 0 fully saturated rings.